The van der Waals surface area contributed by atoms with E-state index in [0.29, 0.717) is 12.4 Å². The lowest BCUT2D eigenvalue weighted by molar-refractivity contribution is 0.0346. The summed E-state index contributed by atoms with van der Waals surface area (Å²) in [7, 11) is 0. The maximum absolute atomic E-state index is 9.15. The van der Waals surface area contributed by atoms with E-state index in [4.69, 9.17) is 14.9 Å². The highest BCUT2D eigenvalue weighted by atomic mass is 16.5. The van der Waals surface area contributed by atoms with Crippen LogP contribution in [0.2, 0.25) is 0 Å². The highest BCUT2D eigenvalue weighted by Gasteiger charge is 2.27. The molecule has 1 aromatic carbocycles. The second-order valence-electron chi connectivity index (χ2n) is 4.07. The molecule has 88 valence electrons. The van der Waals surface area contributed by atoms with Crippen molar-refractivity contribution in [3.8, 4) is 0 Å². The number of aliphatic hydroxyl groups is 2. The van der Waals surface area contributed by atoms with Crippen LogP contribution in [0.3, 0.4) is 0 Å². The third kappa shape index (κ3) is 3.08. The summed E-state index contributed by atoms with van der Waals surface area (Å²) in [5.74, 6) is 0.404. The lowest BCUT2D eigenvalue weighted by Gasteiger charge is -2.27. The molecule has 0 radical (unpaired) electrons. The van der Waals surface area contributed by atoms with E-state index in [2.05, 4.69) is 6.58 Å². The number of benzene rings is 1. The second kappa shape index (κ2) is 5.68. The SMILES string of the molecule is C=C(OCc1ccccc1)C(C)(CO)CO. The Morgan fingerprint density at radius 3 is 2.31 bits per heavy atom. The van der Waals surface area contributed by atoms with E-state index in [9.17, 15) is 0 Å². The first-order valence-corrected chi connectivity index (χ1v) is 5.20. The van der Waals surface area contributed by atoms with E-state index in [1.165, 1.54) is 0 Å². The molecular formula is C13H18O3. The predicted molar refractivity (Wildman–Crippen MR) is 62.6 cm³/mol. The van der Waals surface area contributed by atoms with Crippen LogP contribution in [0.4, 0.5) is 0 Å². The molecule has 16 heavy (non-hydrogen) atoms. The van der Waals surface area contributed by atoms with Gasteiger partial charge in [0.05, 0.1) is 24.4 Å². The van der Waals surface area contributed by atoms with Crippen molar-refractivity contribution in [1.29, 1.82) is 0 Å². The van der Waals surface area contributed by atoms with E-state index >= 15 is 0 Å². The van der Waals surface area contributed by atoms with Gasteiger partial charge in [0.2, 0.25) is 0 Å². The van der Waals surface area contributed by atoms with E-state index in [1.54, 1.807) is 6.92 Å². The van der Waals surface area contributed by atoms with Crippen LogP contribution in [0, 0.1) is 5.41 Å². The van der Waals surface area contributed by atoms with Crippen molar-refractivity contribution in [2.24, 2.45) is 5.41 Å². The number of hydrogen-bond donors (Lipinski definition) is 2. The molecule has 0 aliphatic carbocycles. The van der Waals surface area contributed by atoms with Crippen LogP contribution >= 0.6 is 0 Å². The minimum Gasteiger partial charge on any atom is -0.493 e. The molecule has 1 rings (SSSR count). The van der Waals surface area contributed by atoms with Crippen molar-refractivity contribution < 1.29 is 14.9 Å². The Hall–Kier alpha value is -1.32. The van der Waals surface area contributed by atoms with E-state index in [1.807, 2.05) is 30.3 Å². The van der Waals surface area contributed by atoms with Crippen LogP contribution in [-0.2, 0) is 11.3 Å². The highest BCUT2D eigenvalue weighted by molar-refractivity contribution is 5.14. The van der Waals surface area contributed by atoms with Gasteiger partial charge in [0.15, 0.2) is 0 Å². The third-order valence-electron chi connectivity index (χ3n) is 2.63. The normalized spacial score (nSPS) is 11.2. The van der Waals surface area contributed by atoms with Crippen molar-refractivity contribution in [2.45, 2.75) is 13.5 Å². The van der Waals surface area contributed by atoms with Gasteiger partial charge in [0.25, 0.3) is 0 Å². The number of rotatable bonds is 6. The minimum atomic E-state index is -0.783. The Labute approximate surface area is 96.0 Å². The molecule has 0 aliphatic heterocycles. The molecule has 0 bridgehead atoms. The van der Waals surface area contributed by atoms with Crippen molar-refractivity contribution in [3.63, 3.8) is 0 Å². The maximum Gasteiger partial charge on any atom is 0.113 e. The summed E-state index contributed by atoms with van der Waals surface area (Å²) in [6.07, 6.45) is 0. The molecule has 0 heterocycles. The molecule has 0 saturated carbocycles. The molecule has 1 aromatic rings. The molecule has 3 heteroatoms. The van der Waals surface area contributed by atoms with Crippen LogP contribution in [0.15, 0.2) is 42.7 Å². The first kappa shape index (κ1) is 12.7. The molecule has 3 nitrogen and oxygen atoms in total. The fourth-order valence-electron chi connectivity index (χ4n) is 1.15. The van der Waals surface area contributed by atoms with Gasteiger partial charge in [-0.2, -0.15) is 0 Å². The van der Waals surface area contributed by atoms with Gasteiger partial charge in [0.1, 0.15) is 6.61 Å². The van der Waals surface area contributed by atoms with Crippen molar-refractivity contribution >= 4 is 0 Å². The third-order valence-corrected chi connectivity index (χ3v) is 2.63. The predicted octanol–water partition coefficient (Wildman–Crippen LogP) is 1.71. The van der Waals surface area contributed by atoms with Gasteiger partial charge in [0, 0.05) is 0 Å². The Balaban J connectivity index is 2.53. The molecule has 0 saturated heterocycles. The number of hydrogen-bond acceptors (Lipinski definition) is 3. The maximum atomic E-state index is 9.15. The zero-order valence-electron chi connectivity index (χ0n) is 9.52. The first-order valence-electron chi connectivity index (χ1n) is 5.20. The Morgan fingerprint density at radius 1 is 1.25 bits per heavy atom. The Kier molecular flexibility index (Phi) is 4.52. The second-order valence-corrected chi connectivity index (χ2v) is 4.07. The standard InChI is InChI=1S/C13H18O3/c1-11(13(2,9-14)10-15)16-8-12-6-4-3-5-7-12/h3-7,14-15H,1,8-10H2,2H3. The van der Waals surface area contributed by atoms with Gasteiger partial charge in [-0.3, -0.25) is 0 Å². The van der Waals surface area contributed by atoms with E-state index < -0.39 is 5.41 Å². The minimum absolute atomic E-state index is 0.183. The molecule has 0 atom stereocenters. The van der Waals surface area contributed by atoms with Crippen LogP contribution in [0.25, 0.3) is 0 Å². The topological polar surface area (TPSA) is 49.7 Å². The van der Waals surface area contributed by atoms with Crippen molar-refractivity contribution in [2.75, 3.05) is 13.2 Å². The summed E-state index contributed by atoms with van der Waals surface area (Å²) >= 11 is 0. The van der Waals surface area contributed by atoms with Gasteiger partial charge in [-0.15, -0.1) is 0 Å². The van der Waals surface area contributed by atoms with Crippen LogP contribution in [0.1, 0.15) is 12.5 Å². The van der Waals surface area contributed by atoms with Gasteiger partial charge in [-0.1, -0.05) is 36.9 Å². The average molecular weight is 222 g/mol. The molecule has 0 spiro atoms. The van der Waals surface area contributed by atoms with Crippen molar-refractivity contribution in [1.82, 2.24) is 0 Å². The molecular weight excluding hydrogens is 204 g/mol. The van der Waals surface area contributed by atoms with Crippen LogP contribution < -0.4 is 0 Å². The summed E-state index contributed by atoms with van der Waals surface area (Å²) in [5, 5.41) is 18.3. The fourth-order valence-corrected chi connectivity index (χ4v) is 1.15. The summed E-state index contributed by atoms with van der Waals surface area (Å²) in [4.78, 5) is 0. The van der Waals surface area contributed by atoms with Crippen LogP contribution in [-0.4, -0.2) is 23.4 Å². The quantitative estimate of drug-likeness (QED) is 0.720. The highest BCUT2D eigenvalue weighted by Crippen LogP contribution is 2.25. The zero-order valence-corrected chi connectivity index (χ0v) is 9.52. The summed E-state index contributed by atoms with van der Waals surface area (Å²) in [6.45, 7) is 5.48. The average Bonchev–Trinajstić information content (AvgIpc) is 2.36. The zero-order chi connectivity index (χ0) is 12.0. The Morgan fingerprint density at radius 2 is 1.81 bits per heavy atom. The summed E-state index contributed by atoms with van der Waals surface area (Å²) in [6, 6.07) is 9.69. The number of ether oxygens (including phenoxy) is 1. The molecule has 2 N–H and O–H groups in total. The molecule has 0 fully saturated rings. The smallest absolute Gasteiger partial charge is 0.113 e. The van der Waals surface area contributed by atoms with Gasteiger partial charge in [-0.05, 0) is 12.5 Å². The first-order chi connectivity index (χ1) is 7.62. The summed E-state index contributed by atoms with van der Waals surface area (Å²) < 4.78 is 5.46. The lowest BCUT2D eigenvalue weighted by Crippen LogP contribution is -2.29. The fraction of sp³-hybridized carbons (Fsp3) is 0.385. The Bertz CT molecular complexity index is 328. The number of aliphatic hydroxyl groups excluding tert-OH is 2. The summed E-state index contributed by atoms with van der Waals surface area (Å²) in [5.41, 5.74) is 0.247. The molecule has 0 amide bonds. The monoisotopic (exact) mass is 222 g/mol. The van der Waals surface area contributed by atoms with Gasteiger partial charge < -0.3 is 14.9 Å². The van der Waals surface area contributed by atoms with E-state index in [-0.39, 0.29) is 13.2 Å². The molecule has 0 aliphatic rings. The van der Waals surface area contributed by atoms with Gasteiger partial charge in [-0.25, -0.2) is 0 Å². The van der Waals surface area contributed by atoms with E-state index in [0.717, 1.165) is 5.56 Å². The largest absolute Gasteiger partial charge is 0.493 e. The molecule has 0 aromatic heterocycles. The van der Waals surface area contributed by atoms with Gasteiger partial charge >= 0.3 is 0 Å². The lowest BCUT2D eigenvalue weighted by atomic mass is 9.91. The van der Waals surface area contributed by atoms with Crippen molar-refractivity contribution in [3.05, 3.63) is 48.2 Å². The van der Waals surface area contributed by atoms with Crippen LogP contribution in [0.5, 0.6) is 0 Å². The molecule has 0 unspecified atom stereocenters.